The summed E-state index contributed by atoms with van der Waals surface area (Å²) < 4.78 is 34.4. The number of benzene rings is 1. The molecule has 1 fully saturated rings. The molecule has 1 heterocycles. The second kappa shape index (κ2) is 8.99. The van der Waals surface area contributed by atoms with Gasteiger partial charge in [0.05, 0.1) is 6.10 Å². The molecule has 1 atom stereocenters. The van der Waals surface area contributed by atoms with Crippen LogP contribution in [-0.4, -0.2) is 38.2 Å². The van der Waals surface area contributed by atoms with Crippen molar-refractivity contribution in [2.24, 2.45) is 0 Å². The molecule has 1 aliphatic heterocycles. The van der Waals surface area contributed by atoms with Crippen molar-refractivity contribution < 1.29 is 23.0 Å². The molecule has 1 aromatic rings. The van der Waals surface area contributed by atoms with Crippen molar-refractivity contribution in [3.8, 4) is 11.8 Å². The molecule has 0 saturated carbocycles. The largest absolute Gasteiger partial charge is 0.488 e. The van der Waals surface area contributed by atoms with Crippen LogP contribution < -0.4 is 10.1 Å². The number of hydrogen-bond acceptors (Lipinski definition) is 4. The predicted octanol–water partition coefficient (Wildman–Crippen LogP) is 2.53. The Morgan fingerprint density at radius 3 is 2.79 bits per heavy atom. The Hall–Kier alpha value is -2.46. The normalized spacial score (nSPS) is 17.6. The average Bonchev–Trinajstić information content (AvgIpc) is 3.10. The maximum atomic E-state index is 12.1. The lowest BCUT2D eigenvalue weighted by atomic mass is 10.1. The summed E-state index contributed by atoms with van der Waals surface area (Å²) in [6, 6.07) is 8.05. The highest BCUT2D eigenvalue weighted by Crippen LogP contribution is 2.16. The first kappa shape index (κ1) is 17.9. The van der Waals surface area contributed by atoms with Gasteiger partial charge in [0.2, 0.25) is 0 Å². The maximum absolute atomic E-state index is 12.1. The number of nitrogens with zero attached hydrogens (tertiary/aromatic N) is 1. The fourth-order valence-corrected chi connectivity index (χ4v) is 2.24. The second-order valence-corrected chi connectivity index (χ2v) is 5.29. The van der Waals surface area contributed by atoms with E-state index in [4.69, 9.17) is 14.7 Å². The Bertz CT molecular complexity index is 618. The Morgan fingerprint density at radius 2 is 2.21 bits per heavy atom. The van der Waals surface area contributed by atoms with E-state index >= 15 is 0 Å². The number of rotatable bonds is 7. The van der Waals surface area contributed by atoms with Gasteiger partial charge in [0.25, 0.3) is 12.3 Å². The monoisotopic (exact) mass is 336 g/mol. The Morgan fingerprint density at radius 1 is 1.46 bits per heavy atom. The number of hydrogen-bond donors (Lipinski definition) is 1. The molecule has 128 valence electrons. The molecule has 0 bridgehead atoms. The fraction of sp³-hybridized carbons (Fsp3) is 0.412. The second-order valence-electron chi connectivity index (χ2n) is 5.29. The number of halogens is 2. The highest BCUT2D eigenvalue weighted by molar-refractivity contribution is 6.01. The molecule has 2 rings (SSSR count). The molecule has 1 aromatic carbocycles. The van der Waals surface area contributed by atoms with Crippen LogP contribution in [0.15, 0.2) is 29.8 Å². The third kappa shape index (κ3) is 5.63. The van der Waals surface area contributed by atoms with Crippen LogP contribution in [0, 0.1) is 11.3 Å². The Labute approximate surface area is 138 Å². The van der Waals surface area contributed by atoms with Gasteiger partial charge in [-0.15, -0.1) is 0 Å². The molecule has 0 aromatic heterocycles. The van der Waals surface area contributed by atoms with Gasteiger partial charge < -0.3 is 14.8 Å². The summed E-state index contributed by atoms with van der Waals surface area (Å²) in [5.74, 6) is -0.167. The summed E-state index contributed by atoms with van der Waals surface area (Å²) in [5.41, 5.74) is 0.567. The molecule has 1 amide bonds. The number of amides is 1. The number of alkyl halides is 2. The first-order chi connectivity index (χ1) is 11.6. The predicted molar refractivity (Wildman–Crippen MR) is 83.5 cm³/mol. The molecule has 1 N–H and O–H groups in total. The third-order valence-electron chi connectivity index (χ3n) is 3.45. The van der Waals surface area contributed by atoms with E-state index in [-0.39, 0.29) is 11.7 Å². The van der Waals surface area contributed by atoms with Crippen LogP contribution in [0.4, 0.5) is 8.78 Å². The lowest BCUT2D eigenvalue weighted by Crippen LogP contribution is -2.32. The quantitative estimate of drug-likeness (QED) is 0.613. The minimum atomic E-state index is -2.54. The summed E-state index contributed by atoms with van der Waals surface area (Å²) in [6.07, 6.45) is 0.761. The average molecular weight is 336 g/mol. The van der Waals surface area contributed by atoms with Crippen molar-refractivity contribution in [2.75, 3.05) is 19.8 Å². The molecule has 1 aliphatic rings. The minimum absolute atomic E-state index is 0.000148. The number of carbonyl (C=O) groups is 1. The molecule has 5 nitrogen and oxygen atoms in total. The first-order valence-electron chi connectivity index (χ1n) is 7.61. The van der Waals surface area contributed by atoms with Gasteiger partial charge in [-0.3, -0.25) is 4.79 Å². The van der Waals surface area contributed by atoms with Crippen LogP contribution in [0.1, 0.15) is 18.4 Å². The molecule has 0 radical (unpaired) electrons. The van der Waals surface area contributed by atoms with Crippen molar-refractivity contribution in [2.45, 2.75) is 25.4 Å². The third-order valence-corrected chi connectivity index (χ3v) is 3.45. The van der Waals surface area contributed by atoms with Gasteiger partial charge in [-0.2, -0.15) is 5.26 Å². The molecule has 0 spiro atoms. The summed E-state index contributed by atoms with van der Waals surface area (Å²) in [6.45, 7) is 0.393. The van der Waals surface area contributed by atoms with Crippen LogP contribution >= 0.6 is 0 Å². The molecule has 1 saturated heterocycles. The zero-order chi connectivity index (χ0) is 17.4. The van der Waals surface area contributed by atoms with Crippen molar-refractivity contribution in [3.63, 3.8) is 0 Å². The van der Waals surface area contributed by atoms with E-state index < -0.39 is 18.9 Å². The van der Waals surface area contributed by atoms with Gasteiger partial charge in [-0.25, -0.2) is 8.78 Å². The number of nitrogens with one attached hydrogen (secondary N) is 1. The Balaban J connectivity index is 1.93. The van der Waals surface area contributed by atoms with Crippen LogP contribution in [0.3, 0.4) is 0 Å². The van der Waals surface area contributed by atoms with E-state index in [1.54, 1.807) is 12.1 Å². The highest BCUT2D eigenvalue weighted by atomic mass is 19.3. The van der Waals surface area contributed by atoms with Crippen molar-refractivity contribution >= 4 is 12.0 Å². The molecular weight excluding hydrogens is 318 g/mol. The summed E-state index contributed by atoms with van der Waals surface area (Å²) >= 11 is 0. The molecule has 1 unspecified atom stereocenters. The number of carbonyl (C=O) groups excluding carboxylic acids is 1. The van der Waals surface area contributed by atoms with Crippen LogP contribution in [0.2, 0.25) is 0 Å². The summed E-state index contributed by atoms with van der Waals surface area (Å²) in [5, 5.41) is 11.8. The van der Waals surface area contributed by atoms with Gasteiger partial charge in [-0.1, -0.05) is 12.1 Å². The molecular formula is C17H18F2N2O3. The topological polar surface area (TPSA) is 71.3 Å². The van der Waals surface area contributed by atoms with Crippen LogP contribution in [-0.2, 0) is 9.53 Å². The summed E-state index contributed by atoms with van der Waals surface area (Å²) in [7, 11) is 0. The number of ether oxygens (including phenoxy) is 2. The van der Waals surface area contributed by atoms with Gasteiger partial charge in [0.15, 0.2) is 0 Å². The van der Waals surface area contributed by atoms with Crippen LogP contribution in [0.5, 0.6) is 5.75 Å². The van der Waals surface area contributed by atoms with E-state index in [9.17, 15) is 13.6 Å². The smallest absolute Gasteiger partial charge is 0.272 e. The highest BCUT2D eigenvalue weighted by Gasteiger charge is 2.17. The summed E-state index contributed by atoms with van der Waals surface area (Å²) in [4.78, 5) is 12.0. The van der Waals surface area contributed by atoms with E-state index in [0.717, 1.165) is 12.8 Å². The van der Waals surface area contributed by atoms with Gasteiger partial charge in [0, 0.05) is 13.2 Å². The van der Waals surface area contributed by atoms with Crippen molar-refractivity contribution in [1.82, 2.24) is 5.32 Å². The Kier molecular flexibility index (Phi) is 6.70. The lowest BCUT2D eigenvalue weighted by molar-refractivity contribution is -0.117. The van der Waals surface area contributed by atoms with Gasteiger partial charge >= 0.3 is 0 Å². The maximum Gasteiger partial charge on any atom is 0.272 e. The van der Waals surface area contributed by atoms with E-state index in [1.807, 2.05) is 6.07 Å². The van der Waals surface area contributed by atoms with E-state index in [1.165, 1.54) is 18.2 Å². The molecule has 7 heteroatoms. The molecule has 24 heavy (non-hydrogen) atoms. The van der Waals surface area contributed by atoms with Crippen molar-refractivity contribution in [3.05, 3.63) is 35.4 Å². The lowest BCUT2D eigenvalue weighted by Gasteiger charge is -2.10. The van der Waals surface area contributed by atoms with Gasteiger partial charge in [-0.05, 0) is 36.6 Å². The van der Waals surface area contributed by atoms with Crippen molar-refractivity contribution in [1.29, 1.82) is 5.26 Å². The zero-order valence-electron chi connectivity index (χ0n) is 13.0. The SMILES string of the molecule is N#C/C(=C\c1ccc(OCC(F)F)cc1)C(=O)NCC1CCCO1. The minimum Gasteiger partial charge on any atom is -0.488 e. The van der Waals surface area contributed by atoms with Gasteiger partial charge in [0.1, 0.15) is 24.0 Å². The standard InChI is InChI=1S/C17H18F2N2O3/c18-16(19)11-24-14-5-3-12(4-6-14)8-13(9-20)17(22)21-10-15-2-1-7-23-15/h3-6,8,15-16H,1-2,7,10-11H2,(H,21,22)/b13-8+. The van der Waals surface area contributed by atoms with Crippen LogP contribution in [0.25, 0.3) is 6.08 Å². The number of nitriles is 1. The molecule has 0 aliphatic carbocycles. The van der Waals surface area contributed by atoms with E-state index in [2.05, 4.69) is 5.32 Å². The zero-order valence-corrected chi connectivity index (χ0v) is 13.0. The fourth-order valence-electron chi connectivity index (χ4n) is 2.24. The first-order valence-corrected chi connectivity index (χ1v) is 7.61. The van der Waals surface area contributed by atoms with E-state index in [0.29, 0.717) is 24.5 Å².